The van der Waals surface area contributed by atoms with E-state index in [0.29, 0.717) is 24.0 Å². The number of carbonyl (C=O) groups excluding carboxylic acids is 2. The van der Waals surface area contributed by atoms with Gasteiger partial charge in [-0.05, 0) is 55.8 Å². The first-order valence-electron chi connectivity index (χ1n) is 10.2. The van der Waals surface area contributed by atoms with Gasteiger partial charge in [0.25, 0.3) is 5.91 Å². The van der Waals surface area contributed by atoms with Crippen LogP contribution in [0.4, 0.5) is 5.69 Å². The summed E-state index contributed by atoms with van der Waals surface area (Å²) in [5, 5.41) is 3.09. The zero-order chi connectivity index (χ0) is 24.0. The quantitative estimate of drug-likeness (QED) is 0.559. The molecular weight excluding hydrogens is 472 g/mol. The number of morpholine rings is 1. The first-order chi connectivity index (χ1) is 15.7. The lowest BCUT2D eigenvalue weighted by atomic mass is 10.2. The first-order valence-corrected chi connectivity index (χ1v) is 12.1. The average Bonchev–Trinajstić information content (AvgIpc) is 2.80. The van der Waals surface area contributed by atoms with Crippen molar-refractivity contribution in [2.75, 3.05) is 38.2 Å². The second kappa shape index (κ2) is 11.0. The van der Waals surface area contributed by atoms with Gasteiger partial charge in [0, 0.05) is 23.8 Å². The Hall–Kier alpha value is -2.66. The Morgan fingerprint density at radius 3 is 2.61 bits per heavy atom. The van der Waals surface area contributed by atoms with E-state index in [-0.39, 0.29) is 23.7 Å². The van der Waals surface area contributed by atoms with Gasteiger partial charge < -0.3 is 19.5 Å². The van der Waals surface area contributed by atoms with E-state index in [1.165, 1.54) is 29.4 Å². The molecule has 3 rings (SSSR count). The predicted octanol–water partition coefficient (Wildman–Crippen LogP) is 2.62. The molecule has 1 heterocycles. The number of esters is 1. The van der Waals surface area contributed by atoms with Crippen LogP contribution in [-0.2, 0) is 29.1 Å². The van der Waals surface area contributed by atoms with Crippen LogP contribution in [0.3, 0.4) is 0 Å². The van der Waals surface area contributed by atoms with Gasteiger partial charge in [0.2, 0.25) is 10.0 Å². The van der Waals surface area contributed by atoms with Crippen LogP contribution in [0.15, 0.2) is 47.4 Å². The van der Waals surface area contributed by atoms with Crippen LogP contribution in [0.25, 0.3) is 0 Å². The molecule has 2 aromatic carbocycles. The van der Waals surface area contributed by atoms with Crippen molar-refractivity contribution in [1.29, 1.82) is 0 Å². The lowest BCUT2D eigenvalue weighted by Gasteiger charge is -2.26. The molecule has 2 aromatic rings. The van der Waals surface area contributed by atoms with Gasteiger partial charge in [-0.1, -0.05) is 17.7 Å². The smallest absolute Gasteiger partial charge is 0.347 e. The number of hydrogen-bond donors (Lipinski definition) is 1. The molecule has 0 saturated carbocycles. The summed E-state index contributed by atoms with van der Waals surface area (Å²) in [6.07, 6.45) is -0.945. The van der Waals surface area contributed by atoms with Gasteiger partial charge in [-0.15, -0.1) is 0 Å². The van der Waals surface area contributed by atoms with Crippen molar-refractivity contribution in [3.05, 3.63) is 53.1 Å². The summed E-state index contributed by atoms with van der Waals surface area (Å²) in [7, 11) is -3.70. The third-order valence-corrected chi connectivity index (χ3v) is 6.97. The molecule has 9 nitrogen and oxygen atoms in total. The van der Waals surface area contributed by atoms with Crippen molar-refractivity contribution >= 4 is 39.2 Å². The van der Waals surface area contributed by atoms with Crippen molar-refractivity contribution in [2.45, 2.75) is 24.8 Å². The highest BCUT2D eigenvalue weighted by Crippen LogP contribution is 2.23. The van der Waals surface area contributed by atoms with Gasteiger partial charge >= 0.3 is 5.97 Å². The standard InChI is InChI=1S/C22H25ClN2O7S/c1-15-12-17(23)6-7-20(15)32-16(2)22(27)31-14-21(26)24-18-4-3-5-19(13-18)33(28,29)25-8-10-30-11-9-25/h3-7,12-13,16H,8-11,14H2,1-2H3,(H,24,26). The monoisotopic (exact) mass is 496 g/mol. The molecule has 0 radical (unpaired) electrons. The Morgan fingerprint density at radius 1 is 1.18 bits per heavy atom. The third kappa shape index (κ3) is 6.67. The summed E-state index contributed by atoms with van der Waals surface area (Å²) < 4.78 is 42.7. The maximum Gasteiger partial charge on any atom is 0.347 e. The molecule has 1 saturated heterocycles. The van der Waals surface area contributed by atoms with Crippen LogP contribution in [0.1, 0.15) is 12.5 Å². The van der Waals surface area contributed by atoms with Crippen LogP contribution in [0.5, 0.6) is 5.75 Å². The highest BCUT2D eigenvalue weighted by Gasteiger charge is 2.26. The van der Waals surface area contributed by atoms with E-state index in [9.17, 15) is 18.0 Å². The van der Waals surface area contributed by atoms with Gasteiger partial charge in [0.15, 0.2) is 12.7 Å². The van der Waals surface area contributed by atoms with E-state index in [1.54, 1.807) is 31.2 Å². The number of sulfonamides is 1. The molecule has 178 valence electrons. The van der Waals surface area contributed by atoms with E-state index in [0.717, 1.165) is 5.56 Å². The summed E-state index contributed by atoms with van der Waals surface area (Å²) >= 11 is 5.91. The molecule has 0 spiro atoms. The van der Waals surface area contributed by atoms with Crippen LogP contribution >= 0.6 is 11.6 Å². The second-order valence-corrected chi connectivity index (χ2v) is 9.74. The number of carbonyl (C=O) groups is 2. The molecule has 33 heavy (non-hydrogen) atoms. The summed E-state index contributed by atoms with van der Waals surface area (Å²) in [5.74, 6) is -0.853. The summed E-state index contributed by atoms with van der Waals surface area (Å²) in [6, 6.07) is 10.9. The molecule has 1 amide bonds. The summed E-state index contributed by atoms with van der Waals surface area (Å²) in [4.78, 5) is 24.5. The number of anilines is 1. The number of rotatable bonds is 8. The maximum absolute atomic E-state index is 12.8. The number of halogens is 1. The fourth-order valence-electron chi connectivity index (χ4n) is 3.11. The predicted molar refractivity (Wildman–Crippen MR) is 122 cm³/mol. The number of hydrogen-bond acceptors (Lipinski definition) is 7. The van der Waals surface area contributed by atoms with Crippen molar-refractivity contribution in [3.8, 4) is 5.75 Å². The molecule has 0 aliphatic carbocycles. The van der Waals surface area contributed by atoms with Gasteiger partial charge in [-0.3, -0.25) is 4.79 Å². The lowest BCUT2D eigenvalue weighted by molar-refractivity contribution is -0.153. The zero-order valence-corrected chi connectivity index (χ0v) is 19.8. The maximum atomic E-state index is 12.8. The fraction of sp³-hybridized carbons (Fsp3) is 0.364. The third-order valence-electron chi connectivity index (χ3n) is 4.84. The number of benzene rings is 2. The SMILES string of the molecule is Cc1cc(Cl)ccc1OC(C)C(=O)OCC(=O)Nc1cccc(S(=O)(=O)N2CCOCC2)c1. The molecule has 0 aromatic heterocycles. The van der Waals surface area contributed by atoms with E-state index in [1.807, 2.05) is 0 Å². The Bertz CT molecular complexity index is 1120. The number of ether oxygens (including phenoxy) is 3. The Kier molecular flexibility index (Phi) is 8.30. The van der Waals surface area contributed by atoms with Crippen LogP contribution in [-0.4, -0.2) is 63.6 Å². The van der Waals surface area contributed by atoms with Gasteiger partial charge in [-0.2, -0.15) is 4.31 Å². The van der Waals surface area contributed by atoms with Crippen LogP contribution < -0.4 is 10.1 Å². The van der Waals surface area contributed by atoms with Crippen molar-refractivity contribution in [3.63, 3.8) is 0 Å². The van der Waals surface area contributed by atoms with Crippen LogP contribution in [0.2, 0.25) is 5.02 Å². The Morgan fingerprint density at radius 2 is 1.91 bits per heavy atom. The Labute approximate surface area is 197 Å². The molecule has 11 heteroatoms. The Balaban J connectivity index is 1.54. The van der Waals surface area contributed by atoms with Gasteiger partial charge in [0.1, 0.15) is 5.75 Å². The minimum Gasteiger partial charge on any atom is -0.479 e. The van der Waals surface area contributed by atoms with Crippen molar-refractivity contribution in [1.82, 2.24) is 4.31 Å². The van der Waals surface area contributed by atoms with E-state index in [2.05, 4.69) is 5.32 Å². The molecule has 1 unspecified atom stereocenters. The van der Waals surface area contributed by atoms with Gasteiger partial charge in [-0.25, -0.2) is 13.2 Å². The van der Waals surface area contributed by atoms with Crippen molar-refractivity contribution < 1.29 is 32.2 Å². The molecule has 0 bridgehead atoms. The second-order valence-electron chi connectivity index (χ2n) is 7.37. The van der Waals surface area contributed by atoms with E-state index >= 15 is 0 Å². The highest BCUT2D eigenvalue weighted by molar-refractivity contribution is 7.89. The summed E-state index contributed by atoms with van der Waals surface area (Å²) in [6.45, 7) is 3.96. The number of amides is 1. The highest BCUT2D eigenvalue weighted by atomic mass is 35.5. The molecule has 1 atom stereocenters. The minimum absolute atomic E-state index is 0.0551. The van der Waals surface area contributed by atoms with E-state index < -0.39 is 34.6 Å². The topological polar surface area (TPSA) is 111 Å². The molecular formula is C22H25ClN2O7S. The molecule has 1 aliphatic heterocycles. The summed E-state index contributed by atoms with van der Waals surface area (Å²) in [5.41, 5.74) is 1.03. The molecule has 1 aliphatic rings. The largest absolute Gasteiger partial charge is 0.479 e. The minimum atomic E-state index is -3.70. The van der Waals surface area contributed by atoms with Crippen LogP contribution in [0, 0.1) is 6.92 Å². The molecule has 1 fully saturated rings. The lowest BCUT2D eigenvalue weighted by Crippen LogP contribution is -2.40. The average molecular weight is 497 g/mol. The van der Waals surface area contributed by atoms with Gasteiger partial charge in [0.05, 0.1) is 18.1 Å². The normalized spacial score (nSPS) is 15.5. The molecule has 1 N–H and O–H groups in total. The first kappa shape index (κ1) is 25.0. The zero-order valence-electron chi connectivity index (χ0n) is 18.2. The number of nitrogens with one attached hydrogen (secondary N) is 1. The number of aryl methyl sites for hydroxylation is 1. The van der Waals surface area contributed by atoms with Crippen molar-refractivity contribution in [2.24, 2.45) is 0 Å². The number of nitrogens with zero attached hydrogens (tertiary/aromatic N) is 1. The van der Waals surface area contributed by atoms with E-state index in [4.69, 9.17) is 25.8 Å². The fourth-order valence-corrected chi connectivity index (χ4v) is 4.79.